The van der Waals surface area contributed by atoms with Crippen molar-refractivity contribution in [1.29, 1.82) is 0 Å². The lowest BCUT2D eigenvalue weighted by molar-refractivity contribution is 0.341. The Balaban J connectivity index is 1.96. The average molecular weight is 335 g/mol. The number of benzene rings is 2. The topological polar surface area (TPSA) is 113 Å². The third kappa shape index (κ3) is 3.80. The maximum Gasteiger partial charge on any atom is 0.221 e. The third-order valence-electron chi connectivity index (χ3n) is 3.85. The Morgan fingerprint density at radius 1 is 1.04 bits per heavy atom. The third-order valence-corrected chi connectivity index (χ3v) is 3.85. The zero-order valence-electron chi connectivity index (χ0n) is 14.1. The van der Waals surface area contributed by atoms with Crippen LogP contribution in [0.1, 0.15) is 18.1 Å². The molecule has 1 heterocycles. The van der Waals surface area contributed by atoms with E-state index in [1.807, 2.05) is 49.4 Å². The summed E-state index contributed by atoms with van der Waals surface area (Å²) in [7, 11) is 0. The lowest BCUT2D eigenvalue weighted by Gasteiger charge is -2.13. The summed E-state index contributed by atoms with van der Waals surface area (Å²) >= 11 is 0. The van der Waals surface area contributed by atoms with Gasteiger partial charge in [-0.05, 0) is 36.2 Å². The molecule has 0 saturated heterocycles. The Bertz CT molecular complexity index is 895. The molecule has 6 N–H and O–H groups in total. The van der Waals surface area contributed by atoms with Crippen molar-refractivity contribution in [3.63, 3.8) is 0 Å². The number of nitrogens with two attached hydrogens (primary N) is 3. The van der Waals surface area contributed by atoms with E-state index in [1.54, 1.807) is 6.20 Å². The van der Waals surface area contributed by atoms with Gasteiger partial charge in [0.2, 0.25) is 5.95 Å². The fourth-order valence-electron chi connectivity index (χ4n) is 2.69. The van der Waals surface area contributed by atoms with Crippen LogP contribution >= 0.6 is 0 Å². The van der Waals surface area contributed by atoms with Gasteiger partial charge in [0.25, 0.3) is 0 Å². The van der Waals surface area contributed by atoms with Gasteiger partial charge in [-0.2, -0.15) is 4.98 Å². The first-order valence-corrected chi connectivity index (χ1v) is 8.05. The number of hydrogen-bond donors (Lipinski definition) is 3. The summed E-state index contributed by atoms with van der Waals surface area (Å²) in [5.74, 6) is 1.37. The van der Waals surface area contributed by atoms with E-state index in [0.717, 1.165) is 33.7 Å². The monoisotopic (exact) mass is 335 g/mol. The maximum absolute atomic E-state index is 5.93. The number of nitrogens with zero attached hydrogens (tertiary/aromatic N) is 2. The molecule has 1 aromatic heterocycles. The molecule has 0 unspecified atom stereocenters. The molecule has 25 heavy (non-hydrogen) atoms. The van der Waals surface area contributed by atoms with Crippen molar-refractivity contribution in [3.8, 4) is 16.9 Å². The molecule has 2 aromatic carbocycles. The van der Waals surface area contributed by atoms with Crippen LogP contribution in [0.2, 0.25) is 0 Å². The van der Waals surface area contributed by atoms with Gasteiger partial charge in [0, 0.05) is 29.4 Å². The summed E-state index contributed by atoms with van der Waals surface area (Å²) in [5.41, 5.74) is 22.0. The molecule has 6 heteroatoms. The number of anilines is 3. The predicted molar refractivity (Wildman–Crippen MR) is 101 cm³/mol. The molecule has 0 bridgehead atoms. The van der Waals surface area contributed by atoms with E-state index in [9.17, 15) is 0 Å². The predicted octanol–water partition coefficient (Wildman–Crippen LogP) is 2.88. The zero-order valence-corrected chi connectivity index (χ0v) is 14.1. The van der Waals surface area contributed by atoms with Gasteiger partial charge in [0.15, 0.2) is 0 Å². The molecule has 6 nitrogen and oxygen atoms in total. The molecule has 0 amide bonds. The van der Waals surface area contributed by atoms with E-state index in [-0.39, 0.29) is 5.95 Å². The first-order chi connectivity index (χ1) is 12.1. The largest absolute Gasteiger partial charge is 0.493 e. The number of nitrogen functional groups attached to an aromatic ring is 3. The SMILES string of the molecule is CCOc1cc(Cc2cnc(N)nc2N)ccc1-c1cccc(N)c1. The van der Waals surface area contributed by atoms with Crippen LogP contribution < -0.4 is 21.9 Å². The molecule has 3 rings (SSSR count). The Hall–Kier alpha value is -3.28. The molecule has 0 fully saturated rings. The number of ether oxygens (including phenoxy) is 1. The lowest BCUT2D eigenvalue weighted by atomic mass is 9.99. The van der Waals surface area contributed by atoms with Gasteiger partial charge >= 0.3 is 0 Å². The normalized spacial score (nSPS) is 10.6. The minimum atomic E-state index is 0.174. The van der Waals surface area contributed by atoms with Gasteiger partial charge in [-0.15, -0.1) is 0 Å². The van der Waals surface area contributed by atoms with Crippen LogP contribution in [0.3, 0.4) is 0 Å². The van der Waals surface area contributed by atoms with Gasteiger partial charge < -0.3 is 21.9 Å². The number of rotatable bonds is 5. The summed E-state index contributed by atoms with van der Waals surface area (Å²) < 4.78 is 5.84. The summed E-state index contributed by atoms with van der Waals surface area (Å²) in [6.45, 7) is 2.54. The van der Waals surface area contributed by atoms with Crippen molar-refractivity contribution in [2.24, 2.45) is 0 Å². The molecule has 0 aliphatic heterocycles. The smallest absolute Gasteiger partial charge is 0.221 e. The maximum atomic E-state index is 5.93. The van der Waals surface area contributed by atoms with E-state index in [4.69, 9.17) is 21.9 Å². The van der Waals surface area contributed by atoms with Gasteiger partial charge in [0.05, 0.1) is 6.61 Å². The Kier molecular flexibility index (Phi) is 4.70. The fourth-order valence-corrected chi connectivity index (χ4v) is 2.69. The van der Waals surface area contributed by atoms with E-state index in [0.29, 0.717) is 18.8 Å². The van der Waals surface area contributed by atoms with Gasteiger partial charge in [-0.25, -0.2) is 4.98 Å². The van der Waals surface area contributed by atoms with Crippen LogP contribution in [0, 0.1) is 0 Å². The highest BCUT2D eigenvalue weighted by atomic mass is 16.5. The Labute approximate surface area is 146 Å². The van der Waals surface area contributed by atoms with Crippen LogP contribution in [0.15, 0.2) is 48.7 Å². The summed E-state index contributed by atoms with van der Waals surface area (Å²) in [4.78, 5) is 8.01. The minimum absolute atomic E-state index is 0.174. The average Bonchev–Trinajstić information content (AvgIpc) is 2.58. The standard InChI is InChI=1S/C19H21N5O/c1-2-25-17-9-12(8-14-11-23-19(22)24-18(14)21)6-7-16(17)13-4-3-5-15(20)10-13/h3-7,9-11H,2,8,20H2,1H3,(H4,21,22,23,24). The zero-order chi connectivity index (χ0) is 17.8. The molecule has 0 aliphatic carbocycles. The molecule has 0 spiro atoms. The van der Waals surface area contributed by atoms with Crippen molar-refractivity contribution < 1.29 is 4.74 Å². The summed E-state index contributed by atoms with van der Waals surface area (Å²) in [6, 6.07) is 13.8. The van der Waals surface area contributed by atoms with Crippen molar-refractivity contribution in [2.75, 3.05) is 23.8 Å². The van der Waals surface area contributed by atoms with Crippen molar-refractivity contribution in [3.05, 3.63) is 59.8 Å². The first kappa shape index (κ1) is 16.6. The van der Waals surface area contributed by atoms with Crippen molar-refractivity contribution in [2.45, 2.75) is 13.3 Å². The Morgan fingerprint density at radius 2 is 1.88 bits per heavy atom. The fraction of sp³-hybridized carbons (Fsp3) is 0.158. The molecule has 0 atom stereocenters. The van der Waals surface area contributed by atoms with Crippen LogP contribution in [-0.2, 0) is 6.42 Å². The summed E-state index contributed by atoms with van der Waals surface area (Å²) in [5, 5.41) is 0. The first-order valence-electron chi connectivity index (χ1n) is 8.05. The van der Waals surface area contributed by atoms with Gasteiger partial charge in [0.1, 0.15) is 11.6 Å². The second kappa shape index (κ2) is 7.09. The van der Waals surface area contributed by atoms with Gasteiger partial charge in [-0.3, -0.25) is 0 Å². The molecule has 0 aliphatic rings. The second-order valence-electron chi connectivity index (χ2n) is 5.70. The quantitative estimate of drug-likeness (QED) is 0.618. The Morgan fingerprint density at radius 3 is 2.60 bits per heavy atom. The lowest BCUT2D eigenvalue weighted by Crippen LogP contribution is -2.04. The van der Waals surface area contributed by atoms with Crippen LogP contribution in [-0.4, -0.2) is 16.6 Å². The molecular formula is C19H21N5O. The molecular weight excluding hydrogens is 314 g/mol. The highest BCUT2D eigenvalue weighted by Gasteiger charge is 2.10. The van der Waals surface area contributed by atoms with Crippen molar-refractivity contribution >= 4 is 17.5 Å². The van der Waals surface area contributed by atoms with Crippen LogP contribution in [0.25, 0.3) is 11.1 Å². The highest BCUT2D eigenvalue weighted by Crippen LogP contribution is 2.33. The minimum Gasteiger partial charge on any atom is -0.493 e. The molecule has 0 saturated carbocycles. The number of hydrogen-bond acceptors (Lipinski definition) is 6. The van der Waals surface area contributed by atoms with E-state index >= 15 is 0 Å². The van der Waals surface area contributed by atoms with E-state index < -0.39 is 0 Å². The van der Waals surface area contributed by atoms with E-state index in [1.165, 1.54) is 0 Å². The van der Waals surface area contributed by atoms with Crippen LogP contribution in [0.5, 0.6) is 5.75 Å². The van der Waals surface area contributed by atoms with Gasteiger partial charge in [-0.1, -0.05) is 24.3 Å². The van der Waals surface area contributed by atoms with Crippen LogP contribution in [0.4, 0.5) is 17.5 Å². The van der Waals surface area contributed by atoms with Crippen molar-refractivity contribution in [1.82, 2.24) is 9.97 Å². The molecule has 3 aromatic rings. The highest BCUT2D eigenvalue weighted by molar-refractivity contribution is 5.73. The molecule has 0 radical (unpaired) electrons. The second-order valence-corrected chi connectivity index (χ2v) is 5.70. The summed E-state index contributed by atoms with van der Waals surface area (Å²) in [6.07, 6.45) is 2.26. The molecule has 128 valence electrons. The van der Waals surface area contributed by atoms with E-state index in [2.05, 4.69) is 9.97 Å². The number of aromatic nitrogens is 2.